The summed E-state index contributed by atoms with van der Waals surface area (Å²) in [7, 11) is 0. The fraction of sp³-hybridized carbons (Fsp3) is 0.958. The van der Waals surface area contributed by atoms with Gasteiger partial charge in [0.2, 0.25) is 0 Å². The Kier molecular flexibility index (Phi) is 11.5. The van der Waals surface area contributed by atoms with E-state index in [1.54, 1.807) is 0 Å². The first-order valence-electron chi connectivity index (χ1n) is 11.5. The topological polar surface area (TPSA) is 23.8 Å². The van der Waals surface area contributed by atoms with Crippen LogP contribution in [0.4, 0.5) is 0 Å². The van der Waals surface area contributed by atoms with Gasteiger partial charge in [-0.1, -0.05) is 97.8 Å². The molecule has 1 fully saturated rings. The molecule has 1 aliphatic carbocycles. The number of nitrogens with zero attached hydrogens (tertiary/aromatic N) is 1. The highest BCUT2D eigenvalue weighted by Crippen LogP contribution is 2.48. The first-order valence-corrected chi connectivity index (χ1v) is 11.5. The van der Waals surface area contributed by atoms with Gasteiger partial charge < -0.3 is 0 Å². The molecule has 0 aromatic heterocycles. The van der Waals surface area contributed by atoms with E-state index in [2.05, 4.69) is 33.8 Å². The zero-order chi connectivity index (χ0) is 18.5. The Hall–Kier alpha value is -0.510. The number of hydrogen-bond donors (Lipinski definition) is 0. The molecule has 3 atom stereocenters. The number of hydrogen-bond acceptors (Lipinski definition) is 1. The lowest BCUT2D eigenvalue weighted by Crippen LogP contribution is -2.37. The van der Waals surface area contributed by atoms with E-state index in [1.165, 1.54) is 96.3 Å². The van der Waals surface area contributed by atoms with Crippen LogP contribution in [0.25, 0.3) is 0 Å². The monoisotopic (exact) mass is 347 g/mol. The third-order valence-corrected chi connectivity index (χ3v) is 7.35. The molecule has 0 aliphatic heterocycles. The lowest BCUT2D eigenvalue weighted by atomic mass is 9.60. The fourth-order valence-corrected chi connectivity index (χ4v) is 5.07. The Morgan fingerprint density at radius 2 is 1.36 bits per heavy atom. The van der Waals surface area contributed by atoms with Crippen LogP contribution in [0, 0.1) is 34.5 Å². The minimum Gasteiger partial charge on any atom is -0.198 e. The maximum absolute atomic E-state index is 9.54. The minimum absolute atomic E-state index is 0.174. The molecule has 1 nitrogen and oxygen atoms in total. The first-order chi connectivity index (χ1) is 12.1. The largest absolute Gasteiger partial charge is 0.198 e. The predicted molar refractivity (Wildman–Crippen MR) is 110 cm³/mol. The van der Waals surface area contributed by atoms with Crippen molar-refractivity contribution < 1.29 is 0 Å². The Labute approximate surface area is 159 Å². The minimum atomic E-state index is 0.174. The van der Waals surface area contributed by atoms with Gasteiger partial charge in [0.05, 0.1) is 6.07 Å². The van der Waals surface area contributed by atoms with Crippen LogP contribution in [-0.2, 0) is 0 Å². The molecule has 0 aromatic carbocycles. The molecular weight excluding hydrogens is 302 g/mol. The Balaban J connectivity index is 2.86. The normalized spacial score (nSPS) is 23.5. The standard InChI is InChI=1S/C24H45N/c1-5-6-16-19-24(4,22(3)21(2)20-25)23-17-14-12-10-8-7-9-11-13-15-18-23/h21-23H,5-19H2,1-4H3. The van der Waals surface area contributed by atoms with Gasteiger partial charge in [0.15, 0.2) is 0 Å². The molecule has 0 radical (unpaired) electrons. The van der Waals surface area contributed by atoms with E-state index in [9.17, 15) is 5.26 Å². The lowest BCUT2D eigenvalue weighted by molar-refractivity contribution is 0.0507. The van der Waals surface area contributed by atoms with Crippen LogP contribution in [-0.4, -0.2) is 0 Å². The van der Waals surface area contributed by atoms with Crippen molar-refractivity contribution in [3.8, 4) is 6.07 Å². The zero-order valence-electron chi connectivity index (χ0n) is 17.8. The molecule has 25 heavy (non-hydrogen) atoms. The Morgan fingerprint density at radius 3 is 1.80 bits per heavy atom. The van der Waals surface area contributed by atoms with Crippen LogP contribution in [0.1, 0.15) is 124 Å². The molecular formula is C24H45N. The lowest BCUT2D eigenvalue weighted by Gasteiger charge is -2.45. The van der Waals surface area contributed by atoms with E-state index in [1.807, 2.05) is 0 Å². The second kappa shape index (κ2) is 12.8. The Bertz CT molecular complexity index is 357. The van der Waals surface area contributed by atoms with E-state index in [0.717, 1.165) is 5.92 Å². The van der Waals surface area contributed by atoms with Gasteiger partial charge in [0.1, 0.15) is 0 Å². The molecule has 0 saturated heterocycles. The van der Waals surface area contributed by atoms with E-state index < -0.39 is 0 Å². The molecule has 0 N–H and O–H groups in total. The highest BCUT2D eigenvalue weighted by molar-refractivity contribution is 4.95. The van der Waals surface area contributed by atoms with Crippen LogP contribution in [0.2, 0.25) is 0 Å². The van der Waals surface area contributed by atoms with Crippen LogP contribution in [0.15, 0.2) is 0 Å². The highest BCUT2D eigenvalue weighted by atomic mass is 14.5. The Morgan fingerprint density at radius 1 is 0.880 bits per heavy atom. The smallest absolute Gasteiger partial charge is 0.0655 e. The molecule has 0 aromatic rings. The summed E-state index contributed by atoms with van der Waals surface area (Å²) in [5.41, 5.74) is 0.342. The van der Waals surface area contributed by atoms with Gasteiger partial charge in [-0.15, -0.1) is 0 Å². The van der Waals surface area contributed by atoms with Crippen molar-refractivity contribution in [2.45, 2.75) is 124 Å². The van der Waals surface area contributed by atoms with Gasteiger partial charge in [-0.05, 0) is 43.4 Å². The number of nitriles is 1. The number of unbranched alkanes of at least 4 members (excludes halogenated alkanes) is 2. The molecule has 0 bridgehead atoms. The number of rotatable bonds is 7. The second-order valence-corrected chi connectivity index (χ2v) is 9.13. The molecule has 0 amide bonds. The first kappa shape index (κ1) is 22.5. The summed E-state index contributed by atoms with van der Waals surface area (Å²) >= 11 is 0. The van der Waals surface area contributed by atoms with Gasteiger partial charge in [-0.2, -0.15) is 5.26 Å². The molecule has 0 heterocycles. The molecule has 0 spiro atoms. The summed E-state index contributed by atoms with van der Waals surface area (Å²) in [5.74, 6) is 1.50. The SMILES string of the molecule is CCCCCC(C)(C1CCCCCCCCCCC1)C(C)C(C)C#N. The van der Waals surface area contributed by atoms with E-state index in [0.29, 0.717) is 11.3 Å². The van der Waals surface area contributed by atoms with Crippen molar-refractivity contribution >= 4 is 0 Å². The van der Waals surface area contributed by atoms with Crippen LogP contribution in [0.3, 0.4) is 0 Å². The maximum atomic E-state index is 9.54. The maximum Gasteiger partial charge on any atom is 0.0655 e. The van der Waals surface area contributed by atoms with Crippen LogP contribution < -0.4 is 0 Å². The molecule has 1 rings (SSSR count). The summed E-state index contributed by atoms with van der Waals surface area (Å²) in [5, 5.41) is 9.54. The highest BCUT2D eigenvalue weighted by Gasteiger charge is 2.40. The molecule has 1 aliphatic rings. The predicted octanol–water partition coefficient (Wildman–Crippen LogP) is 8.29. The fourth-order valence-electron chi connectivity index (χ4n) is 5.07. The van der Waals surface area contributed by atoms with Crippen molar-refractivity contribution in [1.29, 1.82) is 5.26 Å². The van der Waals surface area contributed by atoms with Gasteiger partial charge >= 0.3 is 0 Å². The van der Waals surface area contributed by atoms with Crippen LogP contribution >= 0.6 is 0 Å². The van der Waals surface area contributed by atoms with E-state index >= 15 is 0 Å². The molecule has 3 unspecified atom stereocenters. The van der Waals surface area contributed by atoms with Gasteiger partial charge in [0.25, 0.3) is 0 Å². The third-order valence-electron chi connectivity index (χ3n) is 7.35. The average Bonchev–Trinajstić information content (AvgIpc) is 2.60. The van der Waals surface area contributed by atoms with Crippen molar-refractivity contribution in [3.05, 3.63) is 0 Å². The van der Waals surface area contributed by atoms with Crippen molar-refractivity contribution in [1.82, 2.24) is 0 Å². The zero-order valence-corrected chi connectivity index (χ0v) is 17.8. The summed E-state index contributed by atoms with van der Waals surface area (Å²) in [4.78, 5) is 0. The van der Waals surface area contributed by atoms with Crippen molar-refractivity contribution in [3.63, 3.8) is 0 Å². The van der Waals surface area contributed by atoms with Crippen molar-refractivity contribution in [2.75, 3.05) is 0 Å². The molecule has 1 saturated carbocycles. The summed E-state index contributed by atoms with van der Waals surface area (Å²) in [6.45, 7) is 9.36. The van der Waals surface area contributed by atoms with E-state index in [4.69, 9.17) is 0 Å². The quantitative estimate of drug-likeness (QED) is 0.425. The molecule has 146 valence electrons. The summed E-state index contributed by atoms with van der Waals surface area (Å²) in [6, 6.07) is 2.57. The summed E-state index contributed by atoms with van der Waals surface area (Å²) < 4.78 is 0. The van der Waals surface area contributed by atoms with E-state index in [-0.39, 0.29) is 5.92 Å². The molecule has 1 heteroatoms. The van der Waals surface area contributed by atoms with Crippen LogP contribution in [0.5, 0.6) is 0 Å². The van der Waals surface area contributed by atoms with Gasteiger partial charge in [-0.25, -0.2) is 0 Å². The second-order valence-electron chi connectivity index (χ2n) is 9.13. The van der Waals surface area contributed by atoms with Gasteiger partial charge in [-0.3, -0.25) is 0 Å². The third kappa shape index (κ3) is 7.72. The summed E-state index contributed by atoms with van der Waals surface area (Å²) in [6.07, 6.45) is 20.9. The van der Waals surface area contributed by atoms with Crippen molar-refractivity contribution in [2.24, 2.45) is 23.2 Å². The van der Waals surface area contributed by atoms with Gasteiger partial charge in [0, 0.05) is 5.92 Å². The average molecular weight is 348 g/mol.